The number of Topliss-reactive ketones (excluding diaryl/α,β-unsaturated/α-hetero) is 1. The van der Waals surface area contributed by atoms with Crippen LogP contribution in [0.5, 0.6) is 11.5 Å². The predicted octanol–water partition coefficient (Wildman–Crippen LogP) is 5.13. The second-order valence-corrected chi connectivity index (χ2v) is 8.81. The van der Waals surface area contributed by atoms with Gasteiger partial charge in [-0.3, -0.25) is 4.79 Å². The van der Waals surface area contributed by atoms with Gasteiger partial charge in [-0.05, 0) is 60.4 Å². The number of ketones is 1. The molecule has 0 bridgehead atoms. The molecule has 3 aromatic rings. The van der Waals surface area contributed by atoms with E-state index in [9.17, 15) is 9.59 Å². The molecule has 1 aliphatic rings. The van der Waals surface area contributed by atoms with Gasteiger partial charge in [0.2, 0.25) is 0 Å². The lowest BCUT2D eigenvalue weighted by Gasteiger charge is -2.16. The van der Waals surface area contributed by atoms with Crippen LogP contribution in [0.1, 0.15) is 40.7 Å². The first-order valence-electron chi connectivity index (χ1n) is 11.8. The van der Waals surface area contributed by atoms with E-state index in [1.54, 1.807) is 0 Å². The molecule has 182 valence electrons. The molecular weight excluding hydrogens is 444 g/mol. The maximum Gasteiger partial charge on any atom is 0.333 e. The van der Waals surface area contributed by atoms with E-state index in [4.69, 9.17) is 19.3 Å². The topological polar surface area (TPSA) is 82.1 Å². The molecule has 0 heterocycles. The molecule has 0 saturated heterocycles. The minimum atomic E-state index is -0.974. The Morgan fingerprint density at radius 1 is 0.829 bits per heavy atom. The molecule has 35 heavy (non-hydrogen) atoms. The quantitative estimate of drug-likeness (QED) is 0.388. The van der Waals surface area contributed by atoms with Crippen LogP contribution in [0.2, 0.25) is 0 Å². The number of ether oxygens (including phenoxy) is 3. The summed E-state index contributed by atoms with van der Waals surface area (Å²) in [4.78, 5) is 23.6. The fourth-order valence-electron chi connectivity index (χ4n) is 4.29. The van der Waals surface area contributed by atoms with Crippen molar-refractivity contribution in [2.45, 2.75) is 50.4 Å². The van der Waals surface area contributed by atoms with Crippen LogP contribution in [-0.2, 0) is 22.4 Å². The van der Waals surface area contributed by atoms with E-state index in [0.717, 1.165) is 41.9 Å². The van der Waals surface area contributed by atoms with Crippen LogP contribution >= 0.6 is 0 Å². The van der Waals surface area contributed by atoms with Crippen LogP contribution in [-0.4, -0.2) is 42.3 Å². The molecule has 0 radical (unpaired) electrons. The van der Waals surface area contributed by atoms with Crippen molar-refractivity contribution in [1.82, 2.24) is 0 Å². The van der Waals surface area contributed by atoms with Gasteiger partial charge in [0.15, 0.2) is 11.9 Å². The van der Waals surface area contributed by atoms with E-state index >= 15 is 0 Å². The molecule has 6 nitrogen and oxygen atoms in total. The van der Waals surface area contributed by atoms with Crippen molar-refractivity contribution in [1.29, 1.82) is 0 Å². The lowest BCUT2D eigenvalue weighted by Crippen LogP contribution is -2.24. The van der Waals surface area contributed by atoms with E-state index in [1.165, 1.54) is 7.11 Å². The summed E-state index contributed by atoms with van der Waals surface area (Å²) in [5.74, 6) is 0.620. The van der Waals surface area contributed by atoms with E-state index < -0.39 is 12.1 Å². The number of rotatable bonds is 11. The number of carboxylic acids is 1. The smallest absolute Gasteiger partial charge is 0.333 e. The Kier molecular flexibility index (Phi) is 8.16. The Morgan fingerprint density at radius 3 is 1.94 bits per heavy atom. The minimum absolute atomic E-state index is 0.0585. The zero-order valence-corrected chi connectivity index (χ0v) is 19.8. The first kappa shape index (κ1) is 24.5. The Bertz CT molecular complexity index is 1110. The van der Waals surface area contributed by atoms with Crippen molar-refractivity contribution < 1.29 is 28.9 Å². The summed E-state index contributed by atoms with van der Waals surface area (Å²) >= 11 is 0. The SMILES string of the molecule is CO[C@@H](Cc1ccc(OC2CCC(Oc3ccc(C(=O)Cc4ccccc4)cc3)C2)cc1)C(=O)O. The summed E-state index contributed by atoms with van der Waals surface area (Å²) in [5, 5.41) is 9.13. The summed E-state index contributed by atoms with van der Waals surface area (Å²) in [6.45, 7) is 0. The second kappa shape index (κ2) is 11.7. The molecule has 0 aromatic heterocycles. The molecule has 0 spiro atoms. The number of benzene rings is 3. The summed E-state index contributed by atoms with van der Waals surface area (Å²) < 4.78 is 17.2. The van der Waals surface area contributed by atoms with Crippen LogP contribution in [0.4, 0.5) is 0 Å². The van der Waals surface area contributed by atoms with Crippen LogP contribution in [0, 0.1) is 0 Å². The van der Waals surface area contributed by atoms with Crippen LogP contribution < -0.4 is 9.47 Å². The van der Waals surface area contributed by atoms with Crippen molar-refractivity contribution in [3.8, 4) is 11.5 Å². The third-order valence-corrected chi connectivity index (χ3v) is 6.23. The average Bonchev–Trinajstić information content (AvgIpc) is 3.31. The van der Waals surface area contributed by atoms with Gasteiger partial charge in [0.1, 0.15) is 23.7 Å². The van der Waals surface area contributed by atoms with Crippen LogP contribution in [0.25, 0.3) is 0 Å². The first-order valence-corrected chi connectivity index (χ1v) is 11.8. The van der Waals surface area contributed by atoms with Gasteiger partial charge in [-0.1, -0.05) is 42.5 Å². The highest BCUT2D eigenvalue weighted by Gasteiger charge is 2.28. The van der Waals surface area contributed by atoms with Crippen molar-refractivity contribution >= 4 is 11.8 Å². The van der Waals surface area contributed by atoms with Crippen molar-refractivity contribution in [2.75, 3.05) is 7.11 Å². The molecule has 1 saturated carbocycles. The summed E-state index contributed by atoms with van der Waals surface area (Å²) in [6, 6.07) is 24.6. The van der Waals surface area contributed by atoms with Gasteiger partial charge in [0.25, 0.3) is 0 Å². The first-order chi connectivity index (χ1) is 17.0. The van der Waals surface area contributed by atoms with Crippen molar-refractivity contribution in [2.24, 2.45) is 0 Å². The third-order valence-electron chi connectivity index (χ3n) is 6.23. The predicted molar refractivity (Wildman–Crippen MR) is 132 cm³/mol. The Morgan fingerprint density at radius 2 is 1.40 bits per heavy atom. The highest BCUT2D eigenvalue weighted by molar-refractivity contribution is 5.97. The van der Waals surface area contributed by atoms with Gasteiger partial charge in [0, 0.05) is 31.9 Å². The largest absolute Gasteiger partial charge is 0.490 e. The second-order valence-electron chi connectivity index (χ2n) is 8.81. The number of aliphatic carboxylic acids is 1. The van der Waals surface area contributed by atoms with Gasteiger partial charge in [-0.25, -0.2) is 4.79 Å². The maximum absolute atomic E-state index is 12.5. The molecule has 1 N–H and O–H groups in total. The van der Waals surface area contributed by atoms with Crippen molar-refractivity contribution in [3.05, 3.63) is 95.6 Å². The number of carbonyl (C=O) groups excluding carboxylic acids is 1. The molecule has 1 fully saturated rings. The monoisotopic (exact) mass is 474 g/mol. The number of carbonyl (C=O) groups is 2. The average molecular weight is 475 g/mol. The van der Waals surface area contributed by atoms with Gasteiger partial charge in [-0.15, -0.1) is 0 Å². The number of hydrogen-bond donors (Lipinski definition) is 1. The lowest BCUT2D eigenvalue weighted by atomic mass is 10.0. The molecule has 2 unspecified atom stereocenters. The summed E-state index contributed by atoms with van der Waals surface area (Å²) in [7, 11) is 1.40. The third kappa shape index (κ3) is 6.93. The molecule has 6 heteroatoms. The Hall–Kier alpha value is -3.64. The number of carboxylic acid groups (broad SMARTS) is 1. The summed E-state index contributed by atoms with van der Waals surface area (Å²) in [5.41, 5.74) is 2.56. The van der Waals surface area contributed by atoms with Gasteiger partial charge in [0.05, 0.1) is 0 Å². The molecule has 4 rings (SSSR count). The van der Waals surface area contributed by atoms with E-state index in [0.29, 0.717) is 18.4 Å². The molecule has 0 amide bonds. The minimum Gasteiger partial charge on any atom is -0.490 e. The number of methoxy groups -OCH3 is 1. The van der Waals surface area contributed by atoms with Crippen molar-refractivity contribution in [3.63, 3.8) is 0 Å². The van der Waals surface area contributed by atoms with Crippen LogP contribution in [0.15, 0.2) is 78.9 Å². The molecule has 3 atom stereocenters. The molecule has 1 aliphatic carbocycles. The Balaban J connectivity index is 1.24. The molecule has 0 aliphatic heterocycles. The fourth-order valence-corrected chi connectivity index (χ4v) is 4.29. The van der Waals surface area contributed by atoms with Crippen LogP contribution in [0.3, 0.4) is 0 Å². The summed E-state index contributed by atoms with van der Waals surface area (Å²) in [6.07, 6.45) is 2.52. The van der Waals surface area contributed by atoms with Gasteiger partial charge in [-0.2, -0.15) is 0 Å². The zero-order valence-electron chi connectivity index (χ0n) is 19.8. The Labute approximate surface area is 205 Å². The van der Waals surface area contributed by atoms with E-state index in [2.05, 4.69) is 0 Å². The highest BCUT2D eigenvalue weighted by Crippen LogP contribution is 2.29. The van der Waals surface area contributed by atoms with Gasteiger partial charge >= 0.3 is 5.97 Å². The van der Waals surface area contributed by atoms with E-state index in [-0.39, 0.29) is 18.0 Å². The molecule has 3 aromatic carbocycles. The maximum atomic E-state index is 12.5. The number of hydrogen-bond acceptors (Lipinski definition) is 5. The normalized spacial score (nSPS) is 18.1. The fraction of sp³-hybridized carbons (Fsp3) is 0.310. The zero-order chi connectivity index (χ0) is 24.6. The highest BCUT2D eigenvalue weighted by atomic mass is 16.5. The standard InChI is InChI=1S/C29H30O6/c1-33-28(29(31)32)18-21-7-11-23(12-8-21)34-25-15-16-26(19-25)35-24-13-9-22(10-14-24)27(30)17-20-5-3-2-4-6-20/h2-14,25-26,28H,15-19H2,1H3,(H,31,32)/t25?,26?,28-/m0/s1. The van der Waals surface area contributed by atoms with E-state index in [1.807, 2.05) is 78.9 Å². The molecular formula is C29H30O6. The lowest BCUT2D eigenvalue weighted by molar-refractivity contribution is -0.148. The van der Waals surface area contributed by atoms with Gasteiger partial charge < -0.3 is 19.3 Å².